The third-order valence-corrected chi connectivity index (χ3v) is 2.20. The van der Waals surface area contributed by atoms with Gasteiger partial charge in [-0.3, -0.25) is 4.79 Å². The summed E-state index contributed by atoms with van der Waals surface area (Å²) in [6, 6.07) is -0.620. The van der Waals surface area contributed by atoms with Crippen molar-refractivity contribution in [3.05, 3.63) is 0 Å². The van der Waals surface area contributed by atoms with Crippen LogP contribution in [0, 0.1) is 0 Å². The second kappa shape index (κ2) is 4.70. The highest BCUT2D eigenvalue weighted by Crippen LogP contribution is 2.14. The SMILES string of the molecule is CC(=O)NC1COC(CO)[C@@H](O)[C@@H]1O. The number of carbonyl (C=O) groups excluding carboxylic acids is 1. The molecule has 1 aliphatic heterocycles. The van der Waals surface area contributed by atoms with Crippen LogP contribution in [-0.2, 0) is 9.53 Å². The van der Waals surface area contributed by atoms with E-state index >= 15 is 0 Å². The molecular formula is C8H15NO5. The maximum Gasteiger partial charge on any atom is 0.217 e. The van der Waals surface area contributed by atoms with Crippen LogP contribution < -0.4 is 5.32 Å². The van der Waals surface area contributed by atoms with E-state index in [1.54, 1.807) is 0 Å². The van der Waals surface area contributed by atoms with Gasteiger partial charge >= 0.3 is 0 Å². The summed E-state index contributed by atoms with van der Waals surface area (Å²) in [6.45, 7) is 1.05. The lowest BCUT2D eigenvalue weighted by Crippen LogP contribution is -2.59. The molecule has 0 bridgehead atoms. The van der Waals surface area contributed by atoms with Gasteiger partial charge in [-0.1, -0.05) is 0 Å². The Kier molecular flexibility index (Phi) is 3.82. The summed E-state index contributed by atoms with van der Waals surface area (Å²) in [7, 11) is 0. The smallest absolute Gasteiger partial charge is 0.217 e. The van der Waals surface area contributed by atoms with Gasteiger partial charge in [0.15, 0.2) is 0 Å². The van der Waals surface area contributed by atoms with E-state index in [2.05, 4.69) is 5.32 Å². The Bertz CT molecular complexity index is 210. The van der Waals surface area contributed by atoms with Crippen LogP contribution in [0.2, 0.25) is 0 Å². The zero-order valence-electron chi connectivity index (χ0n) is 7.88. The van der Waals surface area contributed by atoms with Crippen LogP contribution >= 0.6 is 0 Å². The predicted molar refractivity (Wildman–Crippen MR) is 46.4 cm³/mol. The van der Waals surface area contributed by atoms with Gasteiger partial charge in [0.05, 0.1) is 19.3 Å². The molecule has 0 aromatic rings. The highest BCUT2D eigenvalue weighted by atomic mass is 16.5. The molecule has 0 spiro atoms. The number of aliphatic hydroxyl groups is 3. The summed E-state index contributed by atoms with van der Waals surface area (Å²) in [6.07, 6.45) is -3.06. The van der Waals surface area contributed by atoms with Gasteiger partial charge in [0.25, 0.3) is 0 Å². The Morgan fingerprint density at radius 2 is 2.14 bits per heavy atom. The van der Waals surface area contributed by atoms with Crippen LogP contribution in [0.5, 0.6) is 0 Å². The second-order valence-corrected chi connectivity index (χ2v) is 3.34. The van der Waals surface area contributed by atoms with E-state index in [-0.39, 0.29) is 19.1 Å². The number of hydrogen-bond acceptors (Lipinski definition) is 5. The van der Waals surface area contributed by atoms with Crippen molar-refractivity contribution in [2.75, 3.05) is 13.2 Å². The highest BCUT2D eigenvalue weighted by molar-refractivity contribution is 5.73. The Hall–Kier alpha value is -0.690. The van der Waals surface area contributed by atoms with E-state index in [4.69, 9.17) is 9.84 Å². The lowest BCUT2D eigenvalue weighted by molar-refractivity contribution is -0.164. The van der Waals surface area contributed by atoms with Gasteiger partial charge in [-0.05, 0) is 0 Å². The van der Waals surface area contributed by atoms with E-state index in [0.29, 0.717) is 0 Å². The highest BCUT2D eigenvalue weighted by Gasteiger charge is 2.38. The van der Waals surface area contributed by atoms with E-state index < -0.39 is 24.4 Å². The summed E-state index contributed by atoms with van der Waals surface area (Å²) in [5.74, 6) is -0.299. The van der Waals surface area contributed by atoms with Gasteiger partial charge in [0, 0.05) is 6.92 Å². The Labute approximate surface area is 81.5 Å². The first-order chi connectivity index (χ1) is 6.56. The average Bonchev–Trinajstić information content (AvgIpc) is 2.13. The van der Waals surface area contributed by atoms with E-state index in [1.807, 2.05) is 0 Å². The molecule has 1 saturated heterocycles. The molecule has 1 aliphatic rings. The van der Waals surface area contributed by atoms with Crippen molar-refractivity contribution >= 4 is 5.91 Å². The number of amides is 1. The molecular weight excluding hydrogens is 190 g/mol. The molecule has 4 N–H and O–H groups in total. The normalized spacial score (nSPS) is 38.0. The fraction of sp³-hybridized carbons (Fsp3) is 0.875. The molecule has 1 rings (SSSR count). The molecule has 6 nitrogen and oxygen atoms in total. The number of hydrogen-bond donors (Lipinski definition) is 4. The Morgan fingerprint density at radius 1 is 1.50 bits per heavy atom. The first kappa shape index (κ1) is 11.4. The molecule has 6 heteroatoms. The number of aliphatic hydroxyl groups excluding tert-OH is 3. The summed E-state index contributed by atoms with van der Waals surface area (Å²) in [5.41, 5.74) is 0. The van der Waals surface area contributed by atoms with Crippen LogP contribution in [0.15, 0.2) is 0 Å². The van der Waals surface area contributed by atoms with Crippen LogP contribution in [-0.4, -0.2) is 58.8 Å². The Morgan fingerprint density at radius 3 is 2.64 bits per heavy atom. The maximum absolute atomic E-state index is 10.7. The minimum atomic E-state index is -1.18. The fourth-order valence-electron chi connectivity index (χ4n) is 1.43. The topological polar surface area (TPSA) is 99.0 Å². The molecule has 1 fully saturated rings. The van der Waals surface area contributed by atoms with Crippen molar-refractivity contribution in [3.8, 4) is 0 Å². The van der Waals surface area contributed by atoms with Gasteiger partial charge in [0.1, 0.15) is 18.3 Å². The predicted octanol–water partition coefficient (Wildman–Crippen LogP) is -2.40. The molecule has 0 aliphatic carbocycles. The van der Waals surface area contributed by atoms with Crippen molar-refractivity contribution in [2.45, 2.75) is 31.3 Å². The summed E-state index contributed by atoms with van der Waals surface area (Å²) >= 11 is 0. The summed E-state index contributed by atoms with van der Waals surface area (Å²) in [5, 5.41) is 30.2. The number of carbonyl (C=O) groups is 1. The van der Waals surface area contributed by atoms with Crippen LogP contribution in [0.25, 0.3) is 0 Å². The van der Waals surface area contributed by atoms with Crippen LogP contribution in [0.1, 0.15) is 6.92 Å². The Balaban J connectivity index is 2.54. The number of rotatable bonds is 2. The number of nitrogens with one attached hydrogen (secondary N) is 1. The van der Waals surface area contributed by atoms with Crippen molar-refractivity contribution < 1.29 is 24.9 Å². The zero-order chi connectivity index (χ0) is 10.7. The fourth-order valence-corrected chi connectivity index (χ4v) is 1.43. The molecule has 2 unspecified atom stereocenters. The lowest BCUT2D eigenvalue weighted by atomic mass is 9.98. The summed E-state index contributed by atoms with van der Waals surface area (Å²) in [4.78, 5) is 10.7. The zero-order valence-corrected chi connectivity index (χ0v) is 7.88. The van der Waals surface area contributed by atoms with Gasteiger partial charge in [0.2, 0.25) is 5.91 Å². The number of ether oxygens (including phenoxy) is 1. The second-order valence-electron chi connectivity index (χ2n) is 3.34. The maximum atomic E-state index is 10.7. The average molecular weight is 205 g/mol. The van der Waals surface area contributed by atoms with Crippen molar-refractivity contribution in [1.82, 2.24) is 5.32 Å². The van der Waals surface area contributed by atoms with E-state index in [1.165, 1.54) is 6.92 Å². The van der Waals surface area contributed by atoms with Gasteiger partial charge in [-0.2, -0.15) is 0 Å². The standard InChI is InChI=1S/C8H15NO5/c1-4(11)9-5-3-14-6(2-10)8(13)7(5)12/h5-8,10,12-13H,2-3H2,1H3,(H,9,11)/t5?,6?,7-,8-/m1/s1. The van der Waals surface area contributed by atoms with Gasteiger partial charge in [-0.15, -0.1) is 0 Å². The molecule has 1 heterocycles. The minimum absolute atomic E-state index is 0.0863. The molecule has 0 radical (unpaired) electrons. The third kappa shape index (κ3) is 2.42. The molecule has 4 atom stereocenters. The van der Waals surface area contributed by atoms with Crippen molar-refractivity contribution in [2.24, 2.45) is 0 Å². The monoisotopic (exact) mass is 205 g/mol. The first-order valence-electron chi connectivity index (χ1n) is 4.42. The third-order valence-electron chi connectivity index (χ3n) is 2.20. The van der Waals surface area contributed by atoms with E-state index in [9.17, 15) is 15.0 Å². The molecule has 14 heavy (non-hydrogen) atoms. The minimum Gasteiger partial charge on any atom is -0.394 e. The lowest BCUT2D eigenvalue weighted by Gasteiger charge is -2.36. The molecule has 82 valence electrons. The van der Waals surface area contributed by atoms with Crippen molar-refractivity contribution in [3.63, 3.8) is 0 Å². The van der Waals surface area contributed by atoms with E-state index in [0.717, 1.165) is 0 Å². The molecule has 1 amide bonds. The van der Waals surface area contributed by atoms with Crippen molar-refractivity contribution in [1.29, 1.82) is 0 Å². The van der Waals surface area contributed by atoms with Crippen LogP contribution in [0.4, 0.5) is 0 Å². The van der Waals surface area contributed by atoms with Crippen LogP contribution in [0.3, 0.4) is 0 Å². The van der Waals surface area contributed by atoms with Gasteiger partial charge in [-0.25, -0.2) is 0 Å². The quantitative estimate of drug-likeness (QED) is 0.403. The molecule has 0 aromatic heterocycles. The molecule has 0 saturated carbocycles. The summed E-state index contributed by atoms with van der Waals surface area (Å²) < 4.78 is 5.05. The van der Waals surface area contributed by atoms with Gasteiger partial charge < -0.3 is 25.4 Å². The largest absolute Gasteiger partial charge is 0.394 e. The first-order valence-corrected chi connectivity index (χ1v) is 4.42. The molecule has 0 aromatic carbocycles.